The number of carbonyl (C=O) groups excluding carboxylic acids is 1. The minimum absolute atomic E-state index is 0.183. The third kappa shape index (κ3) is 5.06. The molecule has 7 heteroatoms. The third-order valence-corrected chi connectivity index (χ3v) is 6.23. The molecule has 1 aromatic rings. The number of amides is 1. The molecule has 29 heavy (non-hydrogen) atoms. The van der Waals surface area contributed by atoms with Gasteiger partial charge in [-0.1, -0.05) is 18.9 Å². The van der Waals surface area contributed by atoms with Gasteiger partial charge in [-0.2, -0.15) is 0 Å². The molecule has 5 nitrogen and oxygen atoms in total. The van der Waals surface area contributed by atoms with E-state index in [1.807, 2.05) is 6.92 Å². The lowest BCUT2D eigenvalue weighted by Gasteiger charge is -2.36. The average molecular weight is 407 g/mol. The van der Waals surface area contributed by atoms with E-state index in [1.165, 1.54) is 18.2 Å². The molecule has 0 spiro atoms. The fourth-order valence-electron chi connectivity index (χ4n) is 4.90. The second kappa shape index (κ2) is 9.55. The Morgan fingerprint density at radius 2 is 1.97 bits per heavy atom. The van der Waals surface area contributed by atoms with Gasteiger partial charge in [-0.05, 0) is 50.7 Å². The van der Waals surface area contributed by atoms with Crippen molar-refractivity contribution in [1.29, 1.82) is 0 Å². The molecule has 1 unspecified atom stereocenters. The van der Waals surface area contributed by atoms with Crippen molar-refractivity contribution in [3.05, 3.63) is 35.4 Å². The monoisotopic (exact) mass is 406 g/mol. The molecule has 1 aliphatic carbocycles. The first-order valence-electron chi connectivity index (χ1n) is 10.7. The Morgan fingerprint density at radius 3 is 2.59 bits per heavy atom. The van der Waals surface area contributed by atoms with Crippen molar-refractivity contribution in [2.75, 3.05) is 26.2 Å². The Bertz CT molecular complexity index is 726. The van der Waals surface area contributed by atoms with E-state index in [-0.39, 0.29) is 17.4 Å². The zero-order chi connectivity index (χ0) is 20.9. The van der Waals surface area contributed by atoms with Crippen LogP contribution in [0.5, 0.6) is 0 Å². The maximum Gasteiger partial charge on any atom is 0.217 e. The number of halogens is 2. The van der Waals surface area contributed by atoms with Gasteiger partial charge in [0.25, 0.3) is 0 Å². The number of piperidine rings is 1. The van der Waals surface area contributed by atoms with Gasteiger partial charge in [-0.15, -0.1) is 0 Å². The molecule has 1 amide bonds. The van der Waals surface area contributed by atoms with Crippen molar-refractivity contribution < 1.29 is 13.6 Å². The molecule has 160 valence electrons. The van der Waals surface area contributed by atoms with Gasteiger partial charge in [0.2, 0.25) is 5.91 Å². The molecule has 1 heterocycles. The van der Waals surface area contributed by atoms with Gasteiger partial charge >= 0.3 is 0 Å². The SMILES string of the molecule is CCNC(=NCC1(c2c(F)cccc2F)CCCC1)N1CCCC(CC(N)=O)C1. The lowest BCUT2D eigenvalue weighted by molar-refractivity contribution is -0.119. The normalized spacial score (nSPS) is 22.0. The van der Waals surface area contributed by atoms with Crippen molar-refractivity contribution in [1.82, 2.24) is 10.2 Å². The molecule has 1 aromatic carbocycles. The number of hydrogen-bond donors (Lipinski definition) is 2. The van der Waals surface area contributed by atoms with E-state index in [0.29, 0.717) is 19.5 Å². The molecule has 0 aromatic heterocycles. The van der Waals surface area contributed by atoms with Crippen LogP contribution < -0.4 is 11.1 Å². The second-order valence-corrected chi connectivity index (χ2v) is 8.38. The van der Waals surface area contributed by atoms with E-state index in [1.54, 1.807) is 0 Å². The van der Waals surface area contributed by atoms with Gasteiger partial charge in [0.05, 0.1) is 6.54 Å². The van der Waals surface area contributed by atoms with Crippen LogP contribution >= 0.6 is 0 Å². The van der Waals surface area contributed by atoms with Crippen LogP contribution in [0.25, 0.3) is 0 Å². The Labute approximate surface area is 171 Å². The van der Waals surface area contributed by atoms with E-state index in [2.05, 4.69) is 10.2 Å². The molecule has 3 N–H and O–H groups in total. The van der Waals surface area contributed by atoms with Crippen molar-refractivity contribution in [2.24, 2.45) is 16.6 Å². The molecule has 1 saturated carbocycles. The summed E-state index contributed by atoms with van der Waals surface area (Å²) in [6, 6.07) is 4.09. The van der Waals surface area contributed by atoms with Crippen LogP contribution in [0.15, 0.2) is 23.2 Å². The molecule has 0 bridgehead atoms. The van der Waals surface area contributed by atoms with Gasteiger partial charge in [-0.3, -0.25) is 9.79 Å². The van der Waals surface area contributed by atoms with Gasteiger partial charge < -0.3 is 16.0 Å². The van der Waals surface area contributed by atoms with Crippen LogP contribution in [0.3, 0.4) is 0 Å². The number of primary amides is 1. The highest BCUT2D eigenvalue weighted by Gasteiger charge is 2.40. The molecule has 2 fully saturated rings. The zero-order valence-electron chi connectivity index (χ0n) is 17.2. The number of guanidine groups is 1. The summed E-state index contributed by atoms with van der Waals surface area (Å²) in [5.74, 6) is -0.267. The summed E-state index contributed by atoms with van der Waals surface area (Å²) in [4.78, 5) is 18.3. The second-order valence-electron chi connectivity index (χ2n) is 8.38. The number of benzene rings is 1. The lowest BCUT2D eigenvalue weighted by Crippen LogP contribution is -2.47. The first kappa shape index (κ1) is 21.5. The first-order valence-corrected chi connectivity index (χ1v) is 10.7. The van der Waals surface area contributed by atoms with Crippen molar-refractivity contribution in [2.45, 2.75) is 57.3 Å². The van der Waals surface area contributed by atoms with Crippen LogP contribution in [0.2, 0.25) is 0 Å². The highest BCUT2D eigenvalue weighted by Crippen LogP contribution is 2.43. The van der Waals surface area contributed by atoms with Gasteiger partial charge in [-0.25, -0.2) is 8.78 Å². The molecule has 3 rings (SSSR count). The maximum atomic E-state index is 14.6. The number of rotatable bonds is 6. The van der Waals surface area contributed by atoms with Crippen molar-refractivity contribution in [3.63, 3.8) is 0 Å². The van der Waals surface area contributed by atoms with Crippen LogP contribution in [-0.2, 0) is 10.2 Å². The molecule has 1 aliphatic heterocycles. The standard InChI is InChI=1S/C22H32F2N4O/c1-2-26-21(28-12-6-7-16(14-28)13-19(25)29)27-15-22(10-3-4-11-22)20-17(23)8-5-9-18(20)24/h5,8-9,16H,2-4,6-7,10-15H2,1H3,(H2,25,29)(H,26,27). The summed E-state index contributed by atoms with van der Waals surface area (Å²) in [7, 11) is 0. The summed E-state index contributed by atoms with van der Waals surface area (Å²) in [6.45, 7) is 4.63. The molecular weight excluding hydrogens is 374 g/mol. The number of nitrogens with zero attached hydrogens (tertiary/aromatic N) is 2. The maximum absolute atomic E-state index is 14.6. The van der Waals surface area contributed by atoms with E-state index < -0.39 is 17.0 Å². The molecule has 2 aliphatic rings. The molecule has 0 radical (unpaired) electrons. The topological polar surface area (TPSA) is 70.7 Å². The van der Waals surface area contributed by atoms with Crippen LogP contribution in [0.1, 0.15) is 57.4 Å². The zero-order valence-corrected chi connectivity index (χ0v) is 17.2. The van der Waals surface area contributed by atoms with Crippen molar-refractivity contribution in [3.8, 4) is 0 Å². The van der Waals surface area contributed by atoms with E-state index >= 15 is 0 Å². The fraction of sp³-hybridized carbons (Fsp3) is 0.636. The van der Waals surface area contributed by atoms with Crippen LogP contribution in [-0.4, -0.2) is 42.9 Å². The number of hydrogen-bond acceptors (Lipinski definition) is 2. The predicted molar refractivity (Wildman–Crippen MR) is 111 cm³/mol. The Morgan fingerprint density at radius 1 is 1.28 bits per heavy atom. The Balaban J connectivity index is 1.83. The number of aliphatic imine (C=N–C) groups is 1. The lowest BCUT2D eigenvalue weighted by atomic mass is 9.78. The summed E-state index contributed by atoms with van der Waals surface area (Å²) >= 11 is 0. The van der Waals surface area contributed by atoms with E-state index in [4.69, 9.17) is 10.7 Å². The van der Waals surface area contributed by atoms with Gasteiger partial charge in [0.15, 0.2) is 5.96 Å². The first-order chi connectivity index (χ1) is 13.9. The summed E-state index contributed by atoms with van der Waals surface area (Å²) in [5, 5.41) is 3.32. The molecule has 1 atom stereocenters. The minimum Gasteiger partial charge on any atom is -0.370 e. The fourth-order valence-corrected chi connectivity index (χ4v) is 4.90. The Hall–Kier alpha value is -2.18. The quantitative estimate of drug-likeness (QED) is 0.562. The number of carbonyl (C=O) groups is 1. The van der Waals surface area contributed by atoms with Crippen LogP contribution in [0.4, 0.5) is 8.78 Å². The number of nitrogens with two attached hydrogens (primary N) is 1. The van der Waals surface area contributed by atoms with E-state index in [9.17, 15) is 13.6 Å². The summed E-state index contributed by atoms with van der Waals surface area (Å²) < 4.78 is 29.2. The predicted octanol–water partition coefficient (Wildman–Crippen LogP) is 3.33. The van der Waals surface area contributed by atoms with Gasteiger partial charge in [0, 0.05) is 37.0 Å². The molecule has 1 saturated heterocycles. The van der Waals surface area contributed by atoms with E-state index in [0.717, 1.165) is 57.6 Å². The highest BCUT2D eigenvalue weighted by atomic mass is 19.1. The van der Waals surface area contributed by atoms with Crippen LogP contribution in [0, 0.1) is 17.6 Å². The molecular formula is C22H32F2N4O. The Kier molecular flexibility index (Phi) is 7.09. The third-order valence-electron chi connectivity index (χ3n) is 6.23. The smallest absolute Gasteiger partial charge is 0.217 e. The van der Waals surface area contributed by atoms with Crippen molar-refractivity contribution >= 4 is 11.9 Å². The largest absolute Gasteiger partial charge is 0.370 e. The van der Waals surface area contributed by atoms with Gasteiger partial charge in [0.1, 0.15) is 11.6 Å². The number of nitrogens with one attached hydrogen (secondary N) is 1. The summed E-state index contributed by atoms with van der Waals surface area (Å²) in [6.07, 6.45) is 5.68. The average Bonchev–Trinajstić information content (AvgIpc) is 3.14. The highest BCUT2D eigenvalue weighted by molar-refractivity contribution is 5.80. The summed E-state index contributed by atoms with van der Waals surface area (Å²) in [5.41, 5.74) is 4.96. The number of likely N-dealkylation sites (tertiary alicyclic amines) is 1. The minimum atomic E-state index is -0.599.